The van der Waals surface area contributed by atoms with Crippen molar-refractivity contribution in [1.29, 1.82) is 0 Å². The number of alkyl halides is 4. The summed E-state index contributed by atoms with van der Waals surface area (Å²) in [5, 5.41) is 10.4. The number of benzene rings is 1. The lowest BCUT2D eigenvalue weighted by atomic mass is 10.1. The summed E-state index contributed by atoms with van der Waals surface area (Å²) in [5.74, 6) is -1.24. The number of ketones is 1. The molecule has 8 heteroatoms. The highest BCUT2D eigenvalue weighted by molar-refractivity contribution is 5.97. The molecule has 0 amide bonds. The Balaban J connectivity index is 3.39. The lowest BCUT2D eigenvalue weighted by Gasteiger charge is -2.07. The molecule has 0 aliphatic carbocycles. The Morgan fingerprint density at radius 3 is 2.29 bits per heavy atom. The SMILES string of the molecule is O=C(CF)c1cc([N+](=O)[O-])cc(C(F)(F)F)c1. The average Bonchev–Trinajstić information content (AvgIpc) is 2.26. The first kappa shape index (κ1) is 13.1. The molecule has 4 nitrogen and oxygen atoms in total. The molecule has 0 aliphatic rings. The molecule has 0 fully saturated rings. The Kier molecular flexibility index (Phi) is 3.45. The van der Waals surface area contributed by atoms with Gasteiger partial charge in [0.15, 0.2) is 12.5 Å². The molecular weight excluding hydrogens is 246 g/mol. The van der Waals surface area contributed by atoms with E-state index in [9.17, 15) is 32.5 Å². The van der Waals surface area contributed by atoms with Gasteiger partial charge in [-0.05, 0) is 6.07 Å². The highest BCUT2D eigenvalue weighted by Crippen LogP contribution is 2.32. The number of halogens is 4. The molecule has 1 aromatic carbocycles. The van der Waals surface area contributed by atoms with Gasteiger partial charge in [0, 0.05) is 17.7 Å². The van der Waals surface area contributed by atoms with Crippen LogP contribution in [0.4, 0.5) is 23.2 Å². The molecular formula is C9H5F4NO3. The van der Waals surface area contributed by atoms with Gasteiger partial charge in [-0.15, -0.1) is 0 Å². The highest BCUT2D eigenvalue weighted by atomic mass is 19.4. The monoisotopic (exact) mass is 251 g/mol. The van der Waals surface area contributed by atoms with Gasteiger partial charge >= 0.3 is 6.18 Å². The molecule has 0 radical (unpaired) electrons. The summed E-state index contributed by atoms with van der Waals surface area (Å²) in [5.41, 5.74) is -2.94. The number of carbonyl (C=O) groups excluding carboxylic acids is 1. The molecule has 0 saturated heterocycles. The smallest absolute Gasteiger partial charge is 0.291 e. The van der Waals surface area contributed by atoms with Crippen LogP contribution in [0.2, 0.25) is 0 Å². The maximum Gasteiger partial charge on any atom is 0.416 e. The topological polar surface area (TPSA) is 60.2 Å². The Morgan fingerprint density at radius 1 is 1.29 bits per heavy atom. The zero-order chi connectivity index (χ0) is 13.2. The minimum atomic E-state index is -4.84. The standard InChI is InChI=1S/C9H5F4NO3/c10-4-8(15)5-1-6(9(11,12)13)3-7(2-5)14(16)17/h1-3H,4H2. The lowest BCUT2D eigenvalue weighted by Crippen LogP contribution is -2.09. The van der Waals surface area contributed by atoms with Crippen molar-refractivity contribution in [3.8, 4) is 0 Å². The van der Waals surface area contributed by atoms with E-state index >= 15 is 0 Å². The number of hydrogen-bond donors (Lipinski definition) is 0. The van der Waals surface area contributed by atoms with Gasteiger partial charge in [-0.25, -0.2) is 4.39 Å². The molecule has 1 aromatic rings. The number of nitro groups is 1. The largest absolute Gasteiger partial charge is 0.416 e. The van der Waals surface area contributed by atoms with Crippen LogP contribution in [0.5, 0.6) is 0 Å². The minimum Gasteiger partial charge on any atom is -0.291 e. The maximum absolute atomic E-state index is 12.4. The molecule has 17 heavy (non-hydrogen) atoms. The predicted molar refractivity (Wildman–Crippen MR) is 48.4 cm³/mol. The second-order valence-corrected chi connectivity index (χ2v) is 3.08. The van der Waals surface area contributed by atoms with Crippen LogP contribution in [0.15, 0.2) is 18.2 Å². The Morgan fingerprint density at radius 2 is 1.88 bits per heavy atom. The third-order valence-electron chi connectivity index (χ3n) is 1.90. The molecule has 0 unspecified atom stereocenters. The Hall–Kier alpha value is -1.99. The van der Waals surface area contributed by atoms with E-state index in [1.165, 1.54) is 0 Å². The molecule has 0 heterocycles. The summed E-state index contributed by atoms with van der Waals surface area (Å²) in [4.78, 5) is 20.2. The molecule has 1 rings (SSSR count). The Labute approximate surface area is 92.0 Å². The molecule has 0 aliphatic heterocycles. The van der Waals surface area contributed by atoms with Gasteiger partial charge in [-0.1, -0.05) is 0 Å². The van der Waals surface area contributed by atoms with Crippen molar-refractivity contribution in [3.05, 3.63) is 39.4 Å². The fraction of sp³-hybridized carbons (Fsp3) is 0.222. The second-order valence-electron chi connectivity index (χ2n) is 3.08. The average molecular weight is 251 g/mol. The first-order chi connectivity index (χ1) is 7.75. The quantitative estimate of drug-likeness (QED) is 0.359. The van der Waals surface area contributed by atoms with Crippen LogP contribution in [0, 0.1) is 10.1 Å². The van der Waals surface area contributed by atoms with E-state index in [0.29, 0.717) is 12.1 Å². The summed E-state index contributed by atoms with van der Waals surface area (Å²) < 4.78 is 49.1. The van der Waals surface area contributed by atoms with Gasteiger partial charge in [-0.3, -0.25) is 14.9 Å². The van der Waals surface area contributed by atoms with Crippen molar-refractivity contribution in [2.45, 2.75) is 6.18 Å². The molecule has 0 N–H and O–H groups in total. The third kappa shape index (κ3) is 2.99. The number of nitrogens with zero attached hydrogens (tertiary/aromatic N) is 1. The molecule has 0 saturated carbocycles. The normalized spacial score (nSPS) is 11.3. The molecule has 0 spiro atoms. The van der Waals surface area contributed by atoms with Crippen molar-refractivity contribution in [2.24, 2.45) is 0 Å². The summed E-state index contributed by atoms with van der Waals surface area (Å²) in [6.45, 7) is -1.52. The van der Waals surface area contributed by atoms with Crippen LogP contribution >= 0.6 is 0 Å². The van der Waals surface area contributed by atoms with Crippen molar-refractivity contribution < 1.29 is 27.3 Å². The first-order valence-electron chi connectivity index (χ1n) is 4.21. The summed E-state index contributed by atoms with van der Waals surface area (Å²) >= 11 is 0. The summed E-state index contributed by atoms with van der Waals surface area (Å²) in [6, 6.07) is 1.28. The second kappa shape index (κ2) is 4.48. The van der Waals surface area contributed by atoms with Gasteiger partial charge < -0.3 is 0 Å². The fourth-order valence-electron chi connectivity index (χ4n) is 1.12. The minimum absolute atomic E-state index is 0.287. The number of non-ortho nitro benzene ring substituents is 1. The number of rotatable bonds is 3. The van der Waals surface area contributed by atoms with Gasteiger partial charge in [0.2, 0.25) is 0 Å². The summed E-state index contributed by atoms with van der Waals surface area (Å²) in [6.07, 6.45) is -4.84. The van der Waals surface area contributed by atoms with E-state index in [1.54, 1.807) is 0 Å². The highest BCUT2D eigenvalue weighted by Gasteiger charge is 2.33. The number of hydrogen-bond acceptors (Lipinski definition) is 3. The fourth-order valence-corrected chi connectivity index (χ4v) is 1.12. The van der Waals surface area contributed by atoms with Crippen LogP contribution in [-0.4, -0.2) is 17.4 Å². The van der Waals surface area contributed by atoms with Gasteiger partial charge in [0.1, 0.15) is 0 Å². The van der Waals surface area contributed by atoms with E-state index in [1.807, 2.05) is 0 Å². The van der Waals surface area contributed by atoms with Crippen molar-refractivity contribution >= 4 is 11.5 Å². The third-order valence-corrected chi connectivity index (χ3v) is 1.90. The van der Waals surface area contributed by atoms with E-state index in [-0.39, 0.29) is 6.07 Å². The molecule has 0 aromatic heterocycles. The molecule has 92 valence electrons. The van der Waals surface area contributed by atoms with E-state index in [4.69, 9.17) is 0 Å². The van der Waals surface area contributed by atoms with E-state index in [0.717, 1.165) is 0 Å². The zero-order valence-corrected chi connectivity index (χ0v) is 8.12. The van der Waals surface area contributed by atoms with Gasteiger partial charge in [0.25, 0.3) is 5.69 Å². The van der Waals surface area contributed by atoms with Gasteiger partial charge in [-0.2, -0.15) is 13.2 Å². The maximum atomic E-state index is 12.4. The van der Waals surface area contributed by atoms with Gasteiger partial charge in [0.05, 0.1) is 10.5 Å². The van der Waals surface area contributed by atoms with E-state index < -0.39 is 40.4 Å². The van der Waals surface area contributed by atoms with Crippen LogP contribution < -0.4 is 0 Å². The zero-order valence-electron chi connectivity index (χ0n) is 8.12. The van der Waals surface area contributed by atoms with Crippen LogP contribution in [0.1, 0.15) is 15.9 Å². The van der Waals surface area contributed by atoms with Crippen LogP contribution in [0.25, 0.3) is 0 Å². The molecule has 0 atom stereocenters. The van der Waals surface area contributed by atoms with Crippen molar-refractivity contribution in [2.75, 3.05) is 6.67 Å². The number of carbonyl (C=O) groups is 1. The first-order valence-corrected chi connectivity index (χ1v) is 4.21. The lowest BCUT2D eigenvalue weighted by molar-refractivity contribution is -0.385. The summed E-state index contributed by atoms with van der Waals surface area (Å²) in [7, 11) is 0. The van der Waals surface area contributed by atoms with Crippen LogP contribution in [-0.2, 0) is 6.18 Å². The van der Waals surface area contributed by atoms with Crippen LogP contribution in [0.3, 0.4) is 0 Å². The Bertz CT molecular complexity index is 470. The van der Waals surface area contributed by atoms with Crippen molar-refractivity contribution in [1.82, 2.24) is 0 Å². The predicted octanol–water partition coefficient (Wildman–Crippen LogP) is 2.77. The molecule has 0 bridgehead atoms. The van der Waals surface area contributed by atoms with Crippen molar-refractivity contribution in [3.63, 3.8) is 0 Å². The number of Topliss-reactive ketones (excluding diaryl/α,β-unsaturated/α-hetero) is 1. The number of nitro benzene ring substituents is 1. The van der Waals surface area contributed by atoms with E-state index in [2.05, 4.69) is 0 Å².